The summed E-state index contributed by atoms with van der Waals surface area (Å²) in [6.07, 6.45) is 5.21. The van der Waals surface area contributed by atoms with Crippen molar-refractivity contribution in [3.8, 4) is 0 Å². The summed E-state index contributed by atoms with van der Waals surface area (Å²) >= 11 is 5.84. The predicted octanol–water partition coefficient (Wildman–Crippen LogP) is 2.68. The van der Waals surface area contributed by atoms with Crippen LogP contribution in [-0.2, 0) is 16.0 Å². The zero-order valence-electron chi connectivity index (χ0n) is 9.76. The number of carboxylic acid groups (broad SMARTS) is 1. The van der Waals surface area contributed by atoms with Gasteiger partial charge in [0.15, 0.2) is 6.10 Å². The average Bonchev–Trinajstić information content (AvgIpc) is 2.51. The lowest BCUT2D eigenvalue weighted by Crippen LogP contribution is -2.19. The minimum absolute atomic E-state index is 0.412. The van der Waals surface area contributed by atoms with Crippen LogP contribution in [0.15, 0.2) is 30.4 Å². The summed E-state index contributed by atoms with van der Waals surface area (Å²) in [5.41, 5.74) is 1.55. The first-order valence-corrected chi connectivity index (χ1v) is 5.88. The van der Waals surface area contributed by atoms with E-state index in [-0.39, 0.29) is 0 Å². The molecule has 94 valence electrons. The molecule has 0 fully saturated rings. The Morgan fingerprint density at radius 2 is 2.33 bits per heavy atom. The number of allylic oxidation sites excluding steroid dienone is 3. The summed E-state index contributed by atoms with van der Waals surface area (Å²) in [5, 5.41) is 9.28. The van der Waals surface area contributed by atoms with Gasteiger partial charge in [-0.1, -0.05) is 23.8 Å². The molecule has 1 heterocycles. The topological polar surface area (TPSA) is 59.4 Å². The molecular weight excluding hydrogens is 254 g/mol. The highest BCUT2D eigenvalue weighted by molar-refractivity contribution is 6.29. The van der Waals surface area contributed by atoms with Crippen molar-refractivity contribution in [2.45, 2.75) is 19.4 Å². The van der Waals surface area contributed by atoms with Gasteiger partial charge in [-0.2, -0.15) is 0 Å². The van der Waals surface area contributed by atoms with Crippen molar-refractivity contribution in [2.24, 2.45) is 0 Å². The molecule has 1 aromatic heterocycles. The summed E-state index contributed by atoms with van der Waals surface area (Å²) in [6, 6.07) is 3.45. The lowest BCUT2D eigenvalue weighted by Gasteiger charge is -2.15. The minimum atomic E-state index is -1.01. The Morgan fingerprint density at radius 3 is 3.06 bits per heavy atom. The van der Waals surface area contributed by atoms with E-state index in [2.05, 4.69) is 4.98 Å². The van der Waals surface area contributed by atoms with Crippen molar-refractivity contribution >= 4 is 23.3 Å². The average molecular weight is 266 g/mol. The third-order valence-corrected chi connectivity index (χ3v) is 2.76. The smallest absolute Gasteiger partial charge is 0.344 e. The van der Waals surface area contributed by atoms with Gasteiger partial charge in [-0.3, -0.25) is 0 Å². The number of ether oxygens (including phenoxy) is 1. The van der Waals surface area contributed by atoms with E-state index in [1.165, 1.54) is 6.92 Å². The van der Waals surface area contributed by atoms with Crippen LogP contribution < -0.4 is 0 Å². The molecule has 1 aliphatic rings. The zero-order chi connectivity index (χ0) is 13.1. The Labute approximate surface area is 110 Å². The molecule has 2 rings (SSSR count). The van der Waals surface area contributed by atoms with Crippen LogP contribution in [0.3, 0.4) is 0 Å². The van der Waals surface area contributed by atoms with E-state index in [1.807, 2.05) is 12.2 Å². The third kappa shape index (κ3) is 2.71. The van der Waals surface area contributed by atoms with Gasteiger partial charge in [-0.15, -0.1) is 0 Å². The largest absolute Gasteiger partial charge is 0.479 e. The molecular formula is C13H12ClNO3. The molecule has 1 aromatic rings. The fourth-order valence-electron chi connectivity index (χ4n) is 1.62. The number of hydrogen-bond donors (Lipinski definition) is 1. The fraction of sp³-hybridized carbons (Fsp3) is 0.231. The Balaban J connectivity index is 2.35. The van der Waals surface area contributed by atoms with Crippen molar-refractivity contribution < 1.29 is 14.6 Å². The Hall–Kier alpha value is -1.81. The van der Waals surface area contributed by atoms with Crippen LogP contribution in [-0.4, -0.2) is 22.2 Å². The number of aliphatic carboxylic acids is 1. The van der Waals surface area contributed by atoms with Gasteiger partial charge in [0.05, 0.1) is 5.69 Å². The molecule has 0 spiro atoms. The summed E-state index contributed by atoms with van der Waals surface area (Å²) in [6.45, 7) is 1.49. The van der Waals surface area contributed by atoms with Crippen molar-refractivity contribution in [1.82, 2.24) is 4.98 Å². The van der Waals surface area contributed by atoms with Crippen molar-refractivity contribution in [1.29, 1.82) is 0 Å². The molecule has 0 amide bonds. The quantitative estimate of drug-likeness (QED) is 0.854. The van der Waals surface area contributed by atoms with Gasteiger partial charge < -0.3 is 9.84 Å². The van der Waals surface area contributed by atoms with Gasteiger partial charge in [0.1, 0.15) is 10.9 Å². The number of halogens is 1. The Bertz CT molecular complexity index is 537. The molecule has 0 saturated heterocycles. The molecule has 0 bridgehead atoms. The highest BCUT2D eigenvalue weighted by atomic mass is 35.5. The standard InChI is InChI=1S/C13H12ClNO3/c1-8(13(16)17)18-11-5-3-2-4-10-9(11)6-7-12(14)15-10/h2-3,5-8H,4H2,1H3,(H,16,17). The van der Waals surface area contributed by atoms with Crippen LogP contribution in [0.5, 0.6) is 0 Å². The molecule has 18 heavy (non-hydrogen) atoms. The number of rotatable bonds is 3. The number of nitrogens with zero attached hydrogens (tertiary/aromatic N) is 1. The second kappa shape index (κ2) is 5.23. The van der Waals surface area contributed by atoms with Gasteiger partial charge in [-0.25, -0.2) is 9.78 Å². The lowest BCUT2D eigenvalue weighted by molar-refractivity contribution is -0.145. The first-order valence-electron chi connectivity index (χ1n) is 5.50. The van der Waals surface area contributed by atoms with Crippen LogP contribution in [0.4, 0.5) is 0 Å². The molecule has 1 unspecified atom stereocenters. The van der Waals surface area contributed by atoms with Gasteiger partial charge in [-0.05, 0) is 25.1 Å². The van der Waals surface area contributed by atoms with Gasteiger partial charge >= 0.3 is 5.97 Å². The number of fused-ring (bicyclic) bond motifs is 1. The van der Waals surface area contributed by atoms with Gasteiger partial charge in [0, 0.05) is 12.0 Å². The summed E-state index contributed by atoms with van der Waals surface area (Å²) in [5.74, 6) is -0.509. The molecule has 0 saturated carbocycles. The van der Waals surface area contributed by atoms with Gasteiger partial charge in [0.25, 0.3) is 0 Å². The van der Waals surface area contributed by atoms with E-state index in [0.717, 1.165) is 11.3 Å². The molecule has 1 aliphatic carbocycles. The SMILES string of the molecule is CC(OC1=CC=CCc2nc(Cl)ccc21)C(=O)O. The van der Waals surface area contributed by atoms with E-state index >= 15 is 0 Å². The van der Waals surface area contributed by atoms with Crippen LogP contribution >= 0.6 is 11.6 Å². The molecule has 5 heteroatoms. The molecule has 4 nitrogen and oxygen atoms in total. The normalized spacial score (nSPS) is 15.3. The van der Waals surface area contributed by atoms with E-state index in [0.29, 0.717) is 17.3 Å². The Kier molecular flexibility index (Phi) is 3.67. The second-order valence-corrected chi connectivity index (χ2v) is 4.28. The first kappa shape index (κ1) is 12.6. The molecule has 1 N–H and O–H groups in total. The maximum atomic E-state index is 10.8. The monoisotopic (exact) mass is 265 g/mol. The molecule has 0 radical (unpaired) electrons. The minimum Gasteiger partial charge on any atom is -0.479 e. The number of pyridine rings is 1. The molecule has 1 atom stereocenters. The van der Waals surface area contributed by atoms with Crippen LogP contribution in [0.2, 0.25) is 5.15 Å². The molecule has 0 aliphatic heterocycles. The first-order chi connectivity index (χ1) is 8.58. The van der Waals surface area contributed by atoms with Crippen LogP contribution in [0.1, 0.15) is 18.2 Å². The highest BCUT2D eigenvalue weighted by Gasteiger charge is 2.18. The van der Waals surface area contributed by atoms with Crippen molar-refractivity contribution in [2.75, 3.05) is 0 Å². The fourth-order valence-corrected chi connectivity index (χ4v) is 1.79. The number of hydrogen-bond acceptors (Lipinski definition) is 3. The van der Waals surface area contributed by atoms with Gasteiger partial charge in [0.2, 0.25) is 0 Å². The highest BCUT2D eigenvalue weighted by Crippen LogP contribution is 2.25. The summed E-state index contributed by atoms with van der Waals surface area (Å²) < 4.78 is 5.43. The van der Waals surface area contributed by atoms with Crippen molar-refractivity contribution in [3.63, 3.8) is 0 Å². The van der Waals surface area contributed by atoms with E-state index in [1.54, 1.807) is 18.2 Å². The second-order valence-electron chi connectivity index (χ2n) is 3.89. The Morgan fingerprint density at radius 1 is 1.56 bits per heavy atom. The van der Waals surface area contributed by atoms with Crippen LogP contribution in [0.25, 0.3) is 5.76 Å². The van der Waals surface area contributed by atoms with E-state index in [9.17, 15) is 4.79 Å². The van der Waals surface area contributed by atoms with E-state index < -0.39 is 12.1 Å². The maximum Gasteiger partial charge on any atom is 0.344 e. The molecule has 0 aromatic carbocycles. The van der Waals surface area contributed by atoms with E-state index in [4.69, 9.17) is 21.4 Å². The number of aromatic nitrogens is 1. The predicted molar refractivity (Wildman–Crippen MR) is 68.3 cm³/mol. The zero-order valence-corrected chi connectivity index (χ0v) is 10.5. The van der Waals surface area contributed by atoms with Crippen LogP contribution in [0, 0.1) is 0 Å². The lowest BCUT2D eigenvalue weighted by atomic mass is 10.1. The maximum absolute atomic E-state index is 10.8. The third-order valence-electron chi connectivity index (χ3n) is 2.55. The summed E-state index contributed by atoms with van der Waals surface area (Å²) in [4.78, 5) is 15.0. The number of carboxylic acids is 1. The van der Waals surface area contributed by atoms with Crippen molar-refractivity contribution in [3.05, 3.63) is 46.8 Å². The summed E-state index contributed by atoms with van der Waals surface area (Å²) in [7, 11) is 0. The number of carbonyl (C=O) groups is 1.